The second kappa shape index (κ2) is 9.79. The number of anilines is 1. The van der Waals surface area contributed by atoms with E-state index in [9.17, 15) is 14.9 Å². The van der Waals surface area contributed by atoms with Crippen LogP contribution in [0.3, 0.4) is 0 Å². The number of hydrogen-bond acceptors (Lipinski definition) is 5. The number of nitrogens with zero attached hydrogens (tertiary/aromatic N) is 3. The lowest BCUT2D eigenvalue weighted by Crippen LogP contribution is -2.20. The van der Waals surface area contributed by atoms with E-state index in [-0.39, 0.29) is 32.7 Å². The van der Waals surface area contributed by atoms with E-state index in [1.165, 1.54) is 4.40 Å². The number of aromatic nitrogens is 2. The molecule has 0 atom stereocenters. The first-order valence-corrected chi connectivity index (χ1v) is 10.8. The summed E-state index contributed by atoms with van der Waals surface area (Å²) < 4.78 is 7.22. The van der Waals surface area contributed by atoms with Gasteiger partial charge in [0.15, 0.2) is 0 Å². The summed E-state index contributed by atoms with van der Waals surface area (Å²) in [7, 11) is 0. The van der Waals surface area contributed by atoms with Gasteiger partial charge in [0.2, 0.25) is 5.88 Å². The van der Waals surface area contributed by atoms with Crippen molar-refractivity contribution in [1.82, 2.24) is 9.38 Å². The summed E-state index contributed by atoms with van der Waals surface area (Å²) in [5.74, 6) is -0.367. The first-order chi connectivity index (χ1) is 16.4. The molecule has 9 heteroatoms. The Morgan fingerprint density at radius 2 is 1.88 bits per heavy atom. The lowest BCUT2D eigenvalue weighted by atomic mass is 10.1. The standard InChI is InChI=1S/C25H16Cl2N4O3/c1-15-7-6-12-31-22(15)30-24(34-17-8-3-2-4-9-17)18(25(31)33)13-16(14-28)23(32)29-20-11-5-10-19(26)21(20)27/h2-13H,1H3,(H,29,32)/b16-13-. The second-order valence-corrected chi connectivity index (χ2v) is 7.95. The van der Waals surface area contributed by atoms with Gasteiger partial charge >= 0.3 is 0 Å². The average molecular weight is 491 g/mol. The van der Waals surface area contributed by atoms with Crippen LogP contribution in [0, 0.1) is 18.3 Å². The molecule has 0 radical (unpaired) electrons. The number of halogens is 2. The molecule has 0 spiro atoms. The third-order valence-corrected chi connectivity index (χ3v) is 5.68. The Hall–Kier alpha value is -4.12. The Morgan fingerprint density at radius 3 is 2.62 bits per heavy atom. The maximum absolute atomic E-state index is 13.3. The van der Waals surface area contributed by atoms with Crippen molar-refractivity contribution < 1.29 is 9.53 Å². The van der Waals surface area contributed by atoms with E-state index in [0.717, 1.165) is 11.6 Å². The Labute approximate surface area is 204 Å². The van der Waals surface area contributed by atoms with Crippen molar-refractivity contribution >= 4 is 46.5 Å². The third-order valence-electron chi connectivity index (χ3n) is 4.86. The van der Waals surface area contributed by atoms with Crippen LogP contribution in [-0.2, 0) is 4.79 Å². The number of para-hydroxylation sites is 1. The predicted octanol–water partition coefficient (Wildman–Crippen LogP) is 5.65. The summed E-state index contributed by atoms with van der Waals surface area (Å²) in [6.07, 6.45) is 2.70. The van der Waals surface area contributed by atoms with Crippen LogP contribution < -0.4 is 15.6 Å². The Morgan fingerprint density at radius 1 is 1.12 bits per heavy atom. The molecule has 0 aliphatic rings. The largest absolute Gasteiger partial charge is 0.438 e. The summed E-state index contributed by atoms with van der Waals surface area (Å²) in [5, 5.41) is 12.6. The van der Waals surface area contributed by atoms with Crippen molar-refractivity contribution in [2.24, 2.45) is 0 Å². The summed E-state index contributed by atoms with van der Waals surface area (Å²) in [4.78, 5) is 30.7. The monoisotopic (exact) mass is 490 g/mol. The maximum atomic E-state index is 13.3. The quantitative estimate of drug-likeness (QED) is 0.288. The molecule has 0 saturated heterocycles. The molecule has 1 amide bonds. The maximum Gasteiger partial charge on any atom is 0.269 e. The summed E-state index contributed by atoms with van der Waals surface area (Å²) in [6, 6.07) is 18.8. The van der Waals surface area contributed by atoms with Crippen LogP contribution in [0.1, 0.15) is 11.1 Å². The highest BCUT2D eigenvalue weighted by molar-refractivity contribution is 6.44. The zero-order chi connectivity index (χ0) is 24.2. The van der Waals surface area contributed by atoms with Gasteiger partial charge in [-0.2, -0.15) is 10.2 Å². The molecule has 0 aliphatic heterocycles. The number of hydrogen-bond donors (Lipinski definition) is 1. The lowest BCUT2D eigenvalue weighted by Gasteiger charge is -2.12. The summed E-state index contributed by atoms with van der Waals surface area (Å²) in [6.45, 7) is 1.81. The van der Waals surface area contributed by atoms with Crippen molar-refractivity contribution in [2.75, 3.05) is 5.32 Å². The van der Waals surface area contributed by atoms with Crippen molar-refractivity contribution in [3.63, 3.8) is 0 Å². The van der Waals surface area contributed by atoms with Gasteiger partial charge < -0.3 is 10.1 Å². The van der Waals surface area contributed by atoms with Crippen molar-refractivity contribution in [3.8, 4) is 17.7 Å². The smallest absolute Gasteiger partial charge is 0.269 e. The molecule has 2 heterocycles. The van der Waals surface area contributed by atoms with E-state index in [4.69, 9.17) is 27.9 Å². The zero-order valence-electron chi connectivity index (χ0n) is 17.8. The van der Waals surface area contributed by atoms with Gasteiger partial charge in [0, 0.05) is 6.20 Å². The van der Waals surface area contributed by atoms with Crippen molar-refractivity contribution in [1.29, 1.82) is 5.26 Å². The number of nitriles is 1. The Bertz CT molecular complexity index is 1540. The van der Waals surface area contributed by atoms with Gasteiger partial charge in [-0.1, -0.05) is 53.5 Å². The molecule has 2 aromatic carbocycles. The molecule has 0 saturated carbocycles. The zero-order valence-corrected chi connectivity index (χ0v) is 19.3. The van der Waals surface area contributed by atoms with E-state index in [2.05, 4.69) is 10.3 Å². The first-order valence-electron chi connectivity index (χ1n) is 10.0. The number of nitrogens with one attached hydrogen (secondary N) is 1. The Kier molecular flexibility index (Phi) is 6.64. The number of carbonyl (C=O) groups is 1. The minimum Gasteiger partial charge on any atom is -0.438 e. The molecule has 4 aromatic rings. The fourth-order valence-corrected chi connectivity index (χ4v) is 3.52. The highest BCUT2D eigenvalue weighted by atomic mass is 35.5. The second-order valence-electron chi connectivity index (χ2n) is 7.16. The number of aryl methyl sites for hydroxylation is 1. The molecule has 1 N–H and O–H groups in total. The van der Waals surface area contributed by atoms with Crippen molar-refractivity contribution in [2.45, 2.75) is 6.92 Å². The fraction of sp³-hybridized carbons (Fsp3) is 0.0400. The van der Waals surface area contributed by atoms with Gasteiger partial charge in [0.1, 0.15) is 28.6 Å². The minimum absolute atomic E-state index is 0.0353. The lowest BCUT2D eigenvalue weighted by molar-refractivity contribution is -0.112. The van der Waals surface area contributed by atoms with E-state index in [1.54, 1.807) is 54.7 Å². The number of ether oxygens (including phenoxy) is 1. The molecular formula is C25H16Cl2N4O3. The molecule has 0 fully saturated rings. The third kappa shape index (κ3) is 4.64. The number of carbonyl (C=O) groups excluding carboxylic acids is 1. The molecule has 7 nitrogen and oxygen atoms in total. The van der Waals surface area contributed by atoms with E-state index >= 15 is 0 Å². The van der Waals surface area contributed by atoms with Gasteiger partial charge in [-0.05, 0) is 48.9 Å². The topological polar surface area (TPSA) is 96.5 Å². The molecule has 0 bridgehead atoms. The highest BCUT2D eigenvalue weighted by Crippen LogP contribution is 2.30. The number of rotatable bonds is 5. The van der Waals surface area contributed by atoms with E-state index in [1.807, 2.05) is 25.1 Å². The molecule has 4 rings (SSSR count). The molecule has 0 unspecified atom stereocenters. The number of amides is 1. The minimum atomic E-state index is -0.772. The SMILES string of the molecule is Cc1cccn2c(=O)c(/C=C(/C#N)C(=O)Nc3cccc(Cl)c3Cl)c(Oc3ccccc3)nc12. The predicted molar refractivity (Wildman–Crippen MR) is 131 cm³/mol. The summed E-state index contributed by atoms with van der Waals surface area (Å²) in [5.41, 5.74) is 0.466. The first kappa shape index (κ1) is 23.1. The van der Waals surface area contributed by atoms with Gasteiger partial charge in [-0.25, -0.2) is 0 Å². The van der Waals surface area contributed by atoms with E-state index < -0.39 is 11.5 Å². The van der Waals surface area contributed by atoms with Gasteiger partial charge in [-0.3, -0.25) is 14.0 Å². The van der Waals surface area contributed by atoms with Gasteiger partial charge in [-0.15, -0.1) is 0 Å². The normalized spacial score (nSPS) is 11.2. The van der Waals surface area contributed by atoms with Crippen LogP contribution in [-0.4, -0.2) is 15.3 Å². The summed E-state index contributed by atoms with van der Waals surface area (Å²) >= 11 is 12.1. The van der Waals surface area contributed by atoms with Gasteiger partial charge in [0.05, 0.1) is 15.7 Å². The van der Waals surface area contributed by atoms with Crippen LogP contribution in [0.25, 0.3) is 11.7 Å². The van der Waals surface area contributed by atoms with Gasteiger partial charge in [0.25, 0.3) is 11.5 Å². The average Bonchev–Trinajstić information content (AvgIpc) is 2.83. The van der Waals surface area contributed by atoms with Crippen LogP contribution in [0.5, 0.6) is 11.6 Å². The van der Waals surface area contributed by atoms with Crippen LogP contribution in [0.2, 0.25) is 10.0 Å². The fourth-order valence-electron chi connectivity index (χ4n) is 3.18. The van der Waals surface area contributed by atoms with Crippen LogP contribution in [0.4, 0.5) is 5.69 Å². The molecular weight excluding hydrogens is 475 g/mol. The van der Waals surface area contributed by atoms with Crippen LogP contribution in [0.15, 0.2) is 77.2 Å². The molecule has 0 aliphatic carbocycles. The number of benzene rings is 2. The van der Waals surface area contributed by atoms with Crippen LogP contribution >= 0.6 is 23.2 Å². The number of fused-ring (bicyclic) bond motifs is 1. The Balaban J connectivity index is 1.84. The number of pyridine rings is 1. The molecule has 2 aromatic heterocycles. The molecule has 168 valence electrons. The highest BCUT2D eigenvalue weighted by Gasteiger charge is 2.19. The van der Waals surface area contributed by atoms with Crippen molar-refractivity contribution in [3.05, 3.63) is 104 Å². The van der Waals surface area contributed by atoms with E-state index in [0.29, 0.717) is 11.4 Å². The molecule has 34 heavy (non-hydrogen) atoms.